The highest BCUT2D eigenvalue weighted by Gasteiger charge is 2.30. The fourth-order valence-corrected chi connectivity index (χ4v) is 5.04. The number of hydrogen-bond acceptors (Lipinski definition) is 7. The van der Waals surface area contributed by atoms with Crippen molar-refractivity contribution < 1.29 is 27.6 Å². The minimum Gasteiger partial charge on any atom is -0.502 e. The molecule has 1 aliphatic carbocycles. The highest BCUT2D eigenvalue weighted by atomic mass is 32.2. The number of rotatable bonds is 8. The first kappa shape index (κ1) is 23.4. The lowest BCUT2D eigenvalue weighted by Crippen LogP contribution is -2.32. The Kier molecular flexibility index (Phi) is 6.37. The third-order valence-electron chi connectivity index (χ3n) is 5.26. The van der Waals surface area contributed by atoms with E-state index < -0.39 is 27.8 Å². The van der Waals surface area contributed by atoms with Crippen molar-refractivity contribution in [3.05, 3.63) is 58.9 Å². The molecule has 11 heteroatoms. The van der Waals surface area contributed by atoms with Crippen molar-refractivity contribution in [1.82, 2.24) is 14.9 Å². The summed E-state index contributed by atoms with van der Waals surface area (Å²) in [5.41, 5.74) is 3.25. The highest BCUT2D eigenvalue weighted by Crippen LogP contribution is 2.38. The summed E-state index contributed by atoms with van der Waals surface area (Å²) < 4.78 is 37.8. The Balaban J connectivity index is 1.62. The van der Waals surface area contributed by atoms with Crippen molar-refractivity contribution in [3.63, 3.8) is 0 Å². The van der Waals surface area contributed by atoms with E-state index in [2.05, 4.69) is 19.7 Å². The van der Waals surface area contributed by atoms with Crippen LogP contribution in [0, 0.1) is 6.57 Å². The molecule has 2 aromatic carbocycles. The quantitative estimate of drug-likeness (QED) is 0.464. The molecule has 0 unspecified atom stereocenters. The first-order valence-electron chi connectivity index (χ1n) is 10.5. The predicted octanol–water partition coefficient (Wildman–Crippen LogP) is 3.73. The van der Waals surface area contributed by atoms with E-state index in [-0.39, 0.29) is 12.0 Å². The summed E-state index contributed by atoms with van der Waals surface area (Å²) in [4.78, 5) is 18.8. The minimum absolute atomic E-state index is 0.0704. The van der Waals surface area contributed by atoms with Crippen LogP contribution >= 0.6 is 0 Å². The van der Waals surface area contributed by atoms with Gasteiger partial charge >= 0.3 is 5.97 Å². The maximum atomic E-state index is 12.1. The Hall–Kier alpha value is -3.75. The summed E-state index contributed by atoms with van der Waals surface area (Å²) in [6.07, 6.45) is 0.985. The summed E-state index contributed by atoms with van der Waals surface area (Å²) in [5.74, 6) is -1.34. The van der Waals surface area contributed by atoms with Crippen LogP contribution in [0.15, 0.2) is 40.9 Å². The topological polar surface area (TPSA) is 136 Å². The van der Waals surface area contributed by atoms with Crippen molar-refractivity contribution in [2.45, 2.75) is 38.8 Å². The van der Waals surface area contributed by atoms with Gasteiger partial charge in [-0.25, -0.2) is 18.0 Å². The van der Waals surface area contributed by atoms with Gasteiger partial charge in [0.2, 0.25) is 21.5 Å². The van der Waals surface area contributed by atoms with E-state index in [0.717, 1.165) is 11.1 Å². The molecular formula is C23H22N4O6S. The molecule has 1 aliphatic rings. The number of ether oxygens (including phenoxy) is 1. The van der Waals surface area contributed by atoms with Gasteiger partial charge in [-0.2, -0.15) is 4.98 Å². The molecule has 0 saturated heterocycles. The first-order valence-corrected chi connectivity index (χ1v) is 12.2. The van der Waals surface area contributed by atoms with Gasteiger partial charge in [0.15, 0.2) is 5.75 Å². The average molecular weight is 483 g/mol. The minimum atomic E-state index is -3.97. The molecule has 1 atom stereocenters. The Morgan fingerprint density at radius 3 is 2.85 bits per heavy atom. The normalized spacial score (nSPS) is 15.2. The fraction of sp³-hybridized carbons (Fsp3) is 0.304. The van der Waals surface area contributed by atoms with Crippen LogP contribution in [0.3, 0.4) is 0 Å². The van der Waals surface area contributed by atoms with Crippen molar-refractivity contribution in [1.29, 1.82) is 0 Å². The number of sulfonamides is 1. The fourth-order valence-electron chi connectivity index (χ4n) is 3.95. The second kappa shape index (κ2) is 9.24. The van der Waals surface area contributed by atoms with Crippen LogP contribution in [0.25, 0.3) is 27.7 Å². The molecule has 3 aromatic rings. The zero-order valence-corrected chi connectivity index (χ0v) is 19.3. The van der Waals surface area contributed by atoms with Crippen LogP contribution in [-0.2, 0) is 21.2 Å². The molecule has 10 nitrogen and oxygen atoms in total. The van der Waals surface area contributed by atoms with Crippen LogP contribution in [0.2, 0.25) is 0 Å². The Morgan fingerprint density at radius 2 is 2.15 bits per heavy atom. The monoisotopic (exact) mass is 482 g/mol. The number of aromatic nitrogens is 2. The number of fused-ring (bicyclic) bond motifs is 1. The number of nitrogens with one attached hydrogen (secondary N) is 1. The smallest absolute Gasteiger partial charge is 0.320 e. The molecule has 0 amide bonds. The summed E-state index contributed by atoms with van der Waals surface area (Å²) in [6.45, 7) is 11.2. The molecule has 0 saturated carbocycles. The summed E-state index contributed by atoms with van der Waals surface area (Å²) in [6, 6.07) is 9.93. The van der Waals surface area contributed by atoms with Gasteiger partial charge < -0.3 is 14.4 Å². The van der Waals surface area contributed by atoms with Gasteiger partial charge in [-0.15, -0.1) is 0 Å². The van der Waals surface area contributed by atoms with Crippen molar-refractivity contribution in [3.8, 4) is 28.6 Å². The van der Waals surface area contributed by atoms with Crippen LogP contribution < -0.4 is 9.46 Å². The maximum Gasteiger partial charge on any atom is 0.320 e. The van der Waals surface area contributed by atoms with Crippen LogP contribution in [-0.4, -0.2) is 41.5 Å². The SMILES string of the molecule is [C-]#[N+]c1cc(-c2nc(-c3cccc4c3CC[C@@H]4NS(=O)(=O)CC(=O)O)no2)ccc1OC(C)C. The molecule has 1 aromatic heterocycles. The second-order valence-electron chi connectivity index (χ2n) is 8.12. The third kappa shape index (κ3) is 4.93. The highest BCUT2D eigenvalue weighted by molar-refractivity contribution is 7.90. The van der Waals surface area contributed by atoms with E-state index >= 15 is 0 Å². The second-order valence-corrected chi connectivity index (χ2v) is 9.87. The standard InChI is InChI=1S/C23H22N4O6S/c1-13(2)32-20-10-7-14(11-19(20)24-3)23-25-22(26-33-23)17-6-4-5-16-15(17)8-9-18(16)27-34(30,31)12-21(28)29/h4-7,10-11,13,18,27H,8-9,12H2,1-2H3,(H,28,29)/t18-/m0/s1. The van der Waals surface area contributed by atoms with E-state index in [1.165, 1.54) is 0 Å². The average Bonchev–Trinajstić information content (AvgIpc) is 3.40. The lowest BCUT2D eigenvalue weighted by molar-refractivity contribution is -0.134. The first-order chi connectivity index (χ1) is 16.2. The maximum absolute atomic E-state index is 12.1. The summed E-state index contributed by atoms with van der Waals surface area (Å²) >= 11 is 0. The number of hydrogen-bond donors (Lipinski definition) is 2. The van der Waals surface area contributed by atoms with Gasteiger partial charge in [0.25, 0.3) is 5.89 Å². The number of carbonyl (C=O) groups is 1. The van der Waals surface area contributed by atoms with E-state index in [9.17, 15) is 13.2 Å². The molecule has 0 radical (unpaired) electrons. The molecule has 176 valence electrons. The number of aliphatic carboxylic acids is 1. The molecule has 4 rings (SSSR count). The molecule has 0 bridgehead atoms. The van der Waals surface area contributed by atoms with E-state index in [4.69, 9.17) is 20.9 Å². The lowest BCUT2D eigenvalue weighted by atomic mass is 10.0. The van der Waals surface area contributed by atoms with Crippen LogP contribution in [0.1, 0.15) is 37.4 Å². The Morgan fingerprint density at radius 1 is 1.35 bits per heavy atom. The predicted molar refractivity (Wildman–Crippen MR) is 123 cm³/mol. The largest absolute Gasteiger partial charge is 0.502 e. The van der Waals surface area contributed by atoms with E-state index in [1.807, 2.05) is 19.9 Å². The van der Waals surface area contributed by atoms with Crippen molar-refractivity contribution in [2.75, 3.05) is 5.75 Å². The number of nitrogens with zero attached hydrogens (tertiary/aromatic N) is 3. The van der Waals surface area contributed by atoms with E-state index in [0.29, 0.717) is 41.2 Å². The Bertz CT molecular complexity index is 1390. The van der Waals surface area contributed by atoms with Gasteiger partial charge in [0.1, 0.15) is 5.75 Å². The molecule has 0 fully saturated rings. The summed E-state index contributed by atoms with van der Waals surface area (Å²) in [5, 5.41) is 12.9. The van der Waals surface area contributed by atoms with Gasteiger partial charge in [-0.05, 0) is 56.0 Å². The van der Waals surface area contributed by atoms with Crippen LogP contribution in [0.5, 0.6) is 5.75 Å². The molecule has 0 aliphatic heterocycles. The zero-order valence-electron chi connectivity index (χ0n) is 18.5. The molecule has 34 heavy (non-hydrogen) atoms. The molecule has 2 N–H and O–H groups in total. The van der Waals surface area contributed by atoms with Gasteiger partial charge in [-0.1, -0.05) is 23.4 Å². The van der Waals surface area contributed by atoms with Crippen molar-refractivity contribution >= 4 is 21.7 Å². The summed E-state index contributed by atoms with van der Waals surface area (Å²) in [7, 11) is -3.97. The lowest BCUT2D eigenvalue weighted by Gasteiger charge is -2.14. The zero-order chi connectivity index (χ0) is 24.5. The van der Waals surface area contributed by atoms with Crippen LogP contribution in [0.4, 0.5) is 5.69 Å². The molecular weight excluding hydrogens is 460 g/mol. The molecule has 1 heterocycles. The van der Waals surface area contributed by atoms with Gasteiger partial charge in [-0.3, -0.25) is 4.79 Å². The number of carboxylic acids is 1. The third-order valence-corrected chi connectivity index (χ3v) is 6.53. The van der Waals surface area contributed by atoms with Gasteiger partial charge in [0.05, 0.1) is 12.7 Å². The van der Waals surface area contributed by atoms with Crippen molar-refractivity contribution in [2.24, 2.45) is 0 Å². The Labute approximate surface area is 196 Å². The number of carboxylic acid groups (broad SMARTS) is 1. The number of benzene rings is 2. The molecule has 0 spiro atoms. The van der Waals surface area contributed by atoms with E-state index in [1.54, 1.807) is 30.3 Å². The van der Waals surface area contributed by atoms with Gasteiger partial charge in [0, 0.05) is 17.2 Å².